The Morgan fingerprint density at radius 3 is 2.38 bits per heavy atom. The lowest BCUT2D eigenvalue weighted by atomic mass is 10.1. The molecule has 0 aliphatic rings. The molecule has 0 saturated carbocycles. The number of carbonyl (C=O) groups excluding carboxylic acids is 1. The Bertz CT molecular complexity index is 375. The molecule has 0 aliphatic carbocycles. The third-order valence-corrected chi connectivity index (χ3v) is 2.52. The van der Waals surface area contributed by atoms with E-state index in [0.717, 1.165) is 5.56 Å². The molecule has 1 aromatic rings. The quantitative estimate of drug-likeness (QED) is 0.529. The van der Waals surface area contributed by atoms with E-state index in [1.807, 2.05) is 37.3 Å². The maximum absolute atomic E-state index is 11.6. The number of nitrogens with two attached hydrogens (primary N) is 1. The minimum absolute atomic E-state index is 0.0736. The lowest BCUT2D eigenvalue weighted by molar-refractivity contribution is -0.123. The first-order chi connectivity index (χ1) is 7.52. The molecule has 4 N–H and O–H groups in total. The van der Waals surface area contributed by atoms with Gasteiger partial charge in [-0.2, -0.15) is 0 Å². The molecule has 0 bridgehead atoms. The summed E-state index contributed by atoms with van der Waals surface area (Å²) in [5.41, 5.74) is 6.31. The lowest BCUT2D eigenvalue weighted by Crippen LogP contribution is -2.37. The predicted molar refractivity (Wildman–Crippen MR) is 64.1 cm³/mol. The van der Waals surface area contributed by atoms with E-state index in [0.29, 0.717) is 0 Å². The predicted octanol–water partition coefficient (Wildman–Crippen LogP) is 1.44. The molecule has 4 nitrogen and oxygen atoms in total. The van der Waals surface area contributed by atoms with Crippen LogP contribution in [0.15, 0.2) is 30.3 Å². The van der Waals surface area contributed by atoms with Crippen LogP contribution < -0.4 is 11.1 Å². The number of hydrogen-bond donors (Lipinski definition) is 3. The van der Waals surface area contributed by atoms with E-state index in [1.165, 1.54) is 0 Å². The molecule has 2 atom stereocenters. The van der Waals surface area contributed by atoms with Crippen molar-refractivity contribution in [2.75, 3.05) is 0 Å². The molecule has 86 valence electrons. The Morgan fingerprint density at radius 2 is 1.88 bits per heavy atom. The Balaban J connectivity index is 2.62. The second kappa shape index (κ2) is 5.30. The van der Waals surface area contributed by atoms with Gasteiger partial charge in [0.05, 0.1) is 12.0 Å². The standard InChI is InChI=1S/C12H17N3O/c1-8(11(13)14)12(16)15-9(2)10-6-4-3-5-7-10/h3-9H,1-2H3,(H3,13,14)(H,15,16). The SMILES string of the molecule is CC(C(=N)N)C(=O)NC(C)c1ccccc1. The highest BCUT2D eigenvalue weighted by Crippen LogP contribution is 2.11. The second-order valence-corrected chi connectivity index (χ2v) is 3.82. The molecule has 0 fully saturated rings. The van der Waals surface area contributed by atoms with Crippen molar-refractivity contribution in [3.63, 3.8) is 0 Å². The van der Waals surface area contributed by atoms with Crippen LogP contribution in [-0.2, 0) is 4.79 Å². The van der Waals surface area contributed by atoms with Gasteiger partial charge in [0.1, 0.15) is 5.84 Å². The van der Waals surface area contributed by atoms with Gasteiger partial charge in [0.25, 0.3) is 0 Å². The van der Waals surface area contributed by atoms with Crippen molar-refractivity contribution in [1.82, 2.24) is 5.32 Å². The summed E-state index contributed by atoms with van der Waals surface area (Å²) in [6.07, 6.45) is 0. The van der Waals surface area contributed by atoms with E-state index >= 15 is 0 Å². The van der Waals surface area contributed by atoms with Crippen LogP contribution in [0.3, 0.4) is 0 Å². The average Bonchev–Trinajstić information content (AvgIpc) is 2.28. The summed E-state index contributed by atoms with van der Waals surface area (Å²) in [7, 11) is 0. The highest BCUT2D eigenvalue weighted by atomic mass is 16.1. The summed E-state index contributed by atoms with van der Waals surface area (Å²) < 4.78 is 0. The van der Waals surface area contributed by atoms with Gasteiger partial charge in [-0.15, -0.1) is 0 Å². The van der Waals surface area contributed by atoms with Crippen molar-refractivity contribution >= 4 is 11.7 Å². The van der Waals surface area contributed by atoms with Gasteiger partial charge in [-0.05, 0) is 19.4 Å². The Labute approximate surface area is 95.4 Å². The normalized spacial score (nSPS) is 13.9. The Morgan fingerprint density at radius 1 is 1.31 bits per heavy atom. The second-order valence-electron chi connectivity index (χ2n) is 3.82. The van der Waals surface area contributed by atoms with Gasteiger partial charge in [-0.3, -0.25) is 10.2 Å². The van der Waals surface area contributed by atoms with E-state index in [1.54, 1.807) is 6.92 Å². The van der Waals surface area contributed by atoms with Crippen LogP contribution in [0, 0.1) is 11.3 Å². The summed E-state index contributed by atoms with van der Waals surface area (Å²) in [5.74, 6) is -0.909. The molecular weight excluding hydrogens is 202 g/mol. The molecule has 2 unspecified atom stereocenters. The van der Waals surface area contributed by atoms with E-state index < -0.39 is 5.92 Å². The van der Waals surface area contributed by atoms with E-state index in [2.05, 4.69) is 5.32 Å². The number of hydrogen-bond acceptors (Lipinski definition) is 2. The first kappa shape index (κ1) is 12.2. The van der Waals surface area contributed by atoms with Gasteiger partial charge in [-0.25, -0.2) is 0 Å². The molecule has 0 aliphatic heterocycles. The van der Waals surface area contributed by atoms with Crippen LogP contribution in [-0.4, -0.2) is 11.7 Å². The summed E-state index contributed by atoms with van der Waals surface area (Å²) >= 11 is 0. The average molecular weight is 219 g/mol. The van der Waals surface area contributed by atoms with Gasteiger partial charge in [-0.1, -0.05) is 30.3 Å². The van der Waals surface area contributed by atoms with Gasteiger partial charge in [0, 0.05) is 0 Å². The largest absolute Gasteiger partial charge is 0.387 e. The van der Waals surface area contributed by atoms with E-state index in [-0.39, 0.29) is 17.8 Å². The lowest BCUT2D eigenvalue weighted by Gasteiger charge is -2.17. The zero-order chi connectivity index (χ0) is 12.1. The van der Waals surface area contributed by atoms with Crippen LogP contribution in [0.2, 0.25) is 0 Å². The molecule has 0 spiro atoms. The molecule has 16 heavy (non-hydrogen) atoms. The van der Waals surface area contributed by atoms with Gasteiger partial charge >= 0.3 is 0 Å². The van der Waals surface area contributed by atoms with Crippen LogP contribution in [0.5, 0.6) is 0 Å². The highest BCUT2D eigenvalue weighted by Gasteiger charge is 2.17. The molecule has 1 rings (SSSR count). The number of amidine groups is 1. The van der Waals surface area contributed by atoms with Crippen molar-refractivity contribution in [1.29, 1.82) is 5.41 Å². The van der Waals surface area contributed by atoms with E-state index in [9.17, 15) is 4.79 Å². The van der Waals surface area contributed by atoms with Crippen molar-refractivity contribution in [3.05, 3.63) is 35.9 Å². The van der Waals surface area contributed by atoms with Gasteiger partial charge in [0.15, 0.2) is 0 Å². The van der Waals surface area contributed by atoms with Crippen molar-refractivity contribution in [2.45, 2.75) is 19.9 Å². The number of benzene rings is 1. The molecule has 1 aromatic carbocycles. The third-order valence-electron chi connectivity index (χ3n) is 2.52. The van der Waals surface area contributed by atoms with Crippen molar-refractivity contribution in [2.24, 2.45) is 11.7 Å². The summed E-state index contributed by atoms with van der Waals surface area (Å²) in [6, 6.07) is 9.59. The summed E-state index contributed by atoms with van der Waals surface area (Å²) in [6.45, 7) is 3.52. The Hall–Kier alpha value is -1.84. The van der Waals surface area contributed by atoms with Crippen LogP contribution in [0.4, 0.5) is 0 Å². The van der Waals surface area contributed by atoms with Crippen molar-refractivity contribution < 1.29 is 4.79 Å². The molecule has 0 aromatic heterocycles. The fraction of sp³-hybridized carbons (Fsp3) is 0.333. The fourth-order valence-corrected chi connectivity index (χ4v) is 1.30. The molecule has 0 radical (unpaired) electrons. The number of carbonyl (C=O) groups is 1. The van der Waals surface area contributed by atoms with Crippen LogP contribution >= 0.6 is 0 Å². The first-order valence-corrected chi connectivity index (χ1v) is 5.21. The summed E-state index contributed by atoms with van der Waals surface area (Å²) in [4.78, 5) is 11.6. The topological polar surface area (TPSA) is 79.0 Å². The fourth-order valence-electron chi connectivity index (χ4n) is 1.30. The smallest absolute Gasteiger partial charge is 0.230 e. The molecule has 0 saturated heterocycles. The Kier molecular flexibility index (Phi) is 4.05. The monoisotopic (exact) mass is 219 g/mol. The van der Waals surface area contributed by atoms with Crippen LogP contribution in [0.25, 0.3) is 0 Å². The first-order valence-electron chi connectivity index (χ1n) is 5.21. The van der Waals surface area contributed by atoms with E-state index in [4.69, 9.17) is 11.1 Å². The number of nitrogens with one attached hydrogen (secondary N) is 2. The molecule has 4 heteroatoms. The molecule has 1 amide bonds. The zero-order valence-electron chi connectivity index (χ0n) is 9.53. The summed E-state index contributed by atoms with van der Waals surface area (Å²) in [5, 5.41) is 10.0. The van der Waals surface area contributed by atoms with Gasteiger partial charge in [0.2, 0.25) is 5.91 Å². The third kappa shape index (κ3) is 3.08. The number of amides is 1. The minimum atomic E-state index is -0.578. The minimum Gasteiger partial charge on any atom is -0.387 e. The molecular formula is C12H17N3O. The maximum Gasteiger partial charge on any atom is 0.230 e. The van der Waals surface area contributed by atoms with Crippen LogP contribution in [0.1, 0.15) is 25.5 Å². The zero-order valence-corrected chi connectivity index (χ0v) is 9.53. The van der Waals surface area contributed by atoms with Gasteiger partial charge < -0.3 is 11.1 Å². The molecule has 0 heterocycles. The van der Waals surface area contributed by atoms with Crippen molar-refractivity contribution in [3.8, 4) is 0 Å². The highest BCUT2D eigenvalue weighted by molar-refractivity contribution is 6.00. The number of rotatable bonds is 4. The maximum atomic E-state index is 11.6.